The zero-order valence-electron chi connectivity index (χ0n) is 22.0. The van der Waals surface area contributed by atoms with Crippen molar-refractivity contribution >= 4 is 11.8 Å². The minimum atomic E-state index is -0.643. The van der Waals surface area contributed by atoms with E-state index in [-0.39, 0.29) is 17.6 Å². The summed E-state index contributed by atoms with van der Waals surface area (Å²) < 4.78 is 30.9. The highest BCUT2D eigenvalue weighted by molar-refractivity contribution is 5.96. The molecular formula is C30H33FN2O5. The van der Waals surface area contributed by atoms with Crippen LogP contribution in [0.3, 0.4) is 0 Å². The first kappa shape index (κ1) is 27.1. The van der Waals surface area contributed by atoms with Crippen LogP contribution < -0.4 is 20.1 Å². The molecule has 2 atom stereocenters. The summed E-state index contributed by atoms with van der Waals surface area (Å²) in [6.45, 7) is 5.38. The smallest absolute Gasteiger partial charge is 0.251 e. The second-order valence-corrected chi connectivity index (χ2v) is 9.59. The predicted octanol–water partition coefficient (Wildman–Crippen LogP) is 4.87. The summed E-state index contributed by atoms with van der Waals surface area (Å²) in [7, 11) is 3.18. The number of ether oxygens (including phenoxy) is 3. The number of fused-ring (bicyclic) bond motifs is 1. The van der Waals surface area contributed by atoms with Crippen LogP contribution in [0.5, 0.6) is 11.5 Å². The van der Waals surface area contributed by atoms with Gasteiger partial charge in [0, 0.05) is 37.4 Å². The molecule has 1 aliphatic rings. The van der Waals surface area contributed by atoms with Gasteiger partial charge in [-0.1, -0.05) is 32.0 Å². The van der Waals surface area contributed by atoms with Crippen LogP contribution in [0.2, 0.25) is 0 Å². The van der Waals surface area contributed by atoms with Gasteiger partial charge in [-0.2, -0.15) is 0 Å². The number of carbonyl (C=O) groups is 2. The molecule has 0 bridgehead atoms. The summed E-state index contributed by atoms with van der Waals surface area (Å²) in [4.78, 5) is 25.9. The molecule has 3 aromatic rings. The number of nitrogens with one attached hydrogen (secondary N) is 2. The number of benzene rings is 3. The number of halogens is 1. The summed E-state index contributed by atoms with van der Waals surface area (Å²) in [5, 5.41) is 5.68. The van der Waals surface area contributed by atoms with Crippen LogP contribution in [0.25, 0.3) is 11.1 Å². The maximum Gasteiger partial charge on any atom is 0.251 e. The molecule has 0 saturated heterocycles. The summed E-state index contributed by atoms with van der Waals surface area (Å²) in [5.41, 5.74) is 3.39. The Hall–Kier alpha value is -3.91. The number of likely N-dealkylation sites (N-methyl/N-ethyl adjacent to an activating group) is 1. The molecule has 4 rings (SSSR count). The van der Waals surface area contributed by atoms with Crippen LogP contribution in [-0.4, -0.2) is 45.7 Å². The minimum absolute atomic E-state index is 0.174. The predicted molar refractivity (Wildman–Crippen MR) is 143 cm³/mol. The lowest BCUT2D eigenvalue weighted by Gasteiger charge is -2.18. The van der Waals surface area contributed by atoms with E-state index in [4.69, 9.17) is 14.2 Å². The van der Waals surface area contributed by atoms with Crippen molar-refractivity contribution < 1.29 is 28.2 Å². The van der Waals surface area contributed by atoms with Crippen molar-refractivity contribution in [1.82, 2.24) is 10.6 Å². The average molecular weight is 521 g/mol. The molecule has 0 saturated carbocycles. The van der Waals surface area contributed by atoms with Gasteiger partial charge < -0.3 is 24.8 Å². The standard InChI is InChI=1S/C30H33FN2O5/c1-18(2)17-33-29(34)21-8-11-25(37-14-13-36-4)23(16-21)20-7-12-26-24(15-20)27(30(35)32-3)28(38-26)19-5-9-22(31)10-6-19/h5-12,15-16,18,27-28H,13-14,17H2,1-4H3,(H,32,35)(H,33,34). The zero-order valence-corrected chi connectivity index (χ0v) is 22.0. The summed E-state index contributed by atoms with van der Waals surface area (Å²) >= 11 is 0. The molecule has 0 spiro atoms. The minimum Gasteiger partial charge on any atom is -0.491 e. The van der Waals surface area contributed by atoms with E-state index in [2.05, 4.69) is 10.6 Å². The highest BCUT2D eigenvalue weighted by Crippen LogP contribution is 2.48. The van der Waals surface area contributed by atoms with Gasteiger partial charge in [0.05, 0.1) is 6.61 Å². The Morgan fingerprint density at radius 3 is 2.47 bits per heavy atom. The van der Waals surface area contributed by atoms with Crippen molar-refractivity contribution in [3.63, 3.8) is 0 Å². The molecule has 2 unspecified atom stereocenters. The topological polar surface area (TPSA) is 85.9 Å². The van der Waals surface area contributed by atoms with Crippen molar-refractivity contribution in [2.24, 2.45) is 5.92 Å². The van der Waals surface area contributed by atoms with Crippen LogP contribution >= 0.6 is 0 Å². The molecule has 8 heteroatoms. The fraction of sp³-hybridized carbons (Fsp3) is 0.333. The highest BCUT2D eigenvalue weighted by Gasteiger charge is 2.40. The van der Waals surface area contributed by atoms with Gasteiger partial charge in [-0.25, -0.2) is 4.39 Å². The van der Waals surface area contributed by atoms with Crippen LogP contribution in [0.4, 0.5) is 4.39 Å². The third-order valence-electron chi connectivity index (χ3n) is 6.40. The first-order valence-electron chi connectivity index (χ1n) is 12.6. The van der Waals surface area contributed by atoms with E-state index in [0.717, 1.165) is 5.56 Å². The third-order valence-corrected chi connectivity index (χ3v) is 6.40. The maximum absolute atomic E-state index is 13.6. The van der Waals surface area contributed by atoms with Crippen molar-refractivity contribution in [2.45, 2.75) is 25.9 Å². The van der Waals surface area contributed by atoms with Gasteiger partial charge in [-0.05, 0) is 59.5 Å². The SMILES string of the molecule is CNC(=O)C1c2cc(-c3cc(C(=O)NCC(C)C)ccc3OCCOC)ccc2OC1c1ccc(F)cc1. The van der Waals surface area contributed by atoms with Crippen LogP contribution in [0.15, 0.2) is 60.7 Å². The van der Waals surface area contributed by atoms with E-state index in [1.54, 1.807) is 44.5 Å². The Kier molecular flexibility index (Phi) is 8.63. The fourth-order valence-electron chi connectivity index (χ4n) is 4.44. The average Bonchev–Trinajstić information content (AvgIpc) is 3.30. The fourth-order valence-corrected chi connectivity index (χ4v) is 4.44. The first-order valence-corrected chi connectivity index (χ1v) is 12.6. The Morgan fingerprint density at radius 2 is 1.79 bits per heavy atom. The van der Waals surface area contributed by atoms with Crippen molar-refractivity contribution in [3.05, 3.63) is 83.2 Å². The van der Waals surface area contributed by atoms with Gasteiger partial charge in [0.15, 0.2) is 0 Å². The Bertz CT molecular complexity index is 1290. The van der Waals surface area contributed by atoms with E-state index in [0.29, 0.717) is 59.4 Å². The Labute approximate surface area is 222 Å². The number of carbonyl (C=O) groups excluding carboxylic acids is 2. The molecular weight excluding hydrogens is 487 g/mol. The number of rotatable bonds is 10. The number of methoxy groups -OCH3 is 1. The lowest BCUT2D eigenvalue weighted by atomic mass is 9.88. The second kappa shape index (κ2) is 12.1. The molecule has 1 heterocycles. The highest BCUT2D eigenvalue weighted by atomic mass is 19.1. The number of hydrogen-bond donors (Lipinski definition) is 2. The number of hydrogen-bond acceptors (Lipinski definition) is 5. The lowest BCUT2D eigenvalue weighted by molar-refractivity contribution is -0.123. The Morgan fingerprint density at radius 1 is 1.03 bits per heavy atom. The lowest BCUT2D eigenvalue weighted by Crippen LogP contribution is -2.28. The van der Waals surface area contributed by atoms with Crippen LogP contribution in [-0.2, 0) is 9.53 Å². The number of amides is 2. The molecule has 0 aromatic heterocycles. The Balaban J connectivity index is 1.74. The normalized spacial score (nSPS) is 16.1. The molecule has 7 nitrogen and oxygen atoms in total. The molecule has 3 aromatic carbocycles. The summed E-state index contributed by atoms with van der Waals surface area (Å²) in [6.07, 6.45) is -0.605. The van der Waals surface area contributed by atoms with Crippen LogP contribution in [0, 0.1) is 11.7 Å². The van der Waals surface area contributed by atoms with Gasteiger partial charge in [0.1, 0.15) is 35.9 Å². The molecule has 0 fully saturated rings. The molecule has 0 radical (unpaired) electrons. The molecule has 2 N–H and O–H groups in total. The summed E-state index contributed by atoms with van der Waals surface area (Å²) in [6, 6.07) is 16.9. The van der Waals surface area contributed by atoms with E-state index in [1.807, 2.05) is 32.0 Å². The monoisotopic (exact) mass is 520 g/mol. The van der Waals surface area contributed by atoms with E-state index < -0.39 is 12.0 Å². The summed E-state index contributed by atoms with van der Waals surface area (Å²) in [5.74, 6) is 0.0954. The zero-order chi connectivity index (χ0) is 27.2. The van der Waals surface area contributed by atoms with Crippen LogP contribution in [0.1, 0.15) is 47.4 Å². The maximum atomic E-state index is 13.6. The van der Waals surface area contributed by atoms with E-state index >= 15 is 0 Å². The van der Waals surface area contributed by atoms with Crippen molar-refractivity contribution in [3.8, 4) is 22.6 Å². The third kappa shape index (κ3) is 5.97. The molecule has 38 heavy (non-hydrogen) atoms. The largest absolute Gasteiger partial charge is 0.491 e. The molecule has 1 aliphatic heterocycles. The first-order chi connectivity index (χ1) is 18.3. The van der Waals surface area contributed by atoms with Gasteiger partial charge >= 0.3 is 0 Å². The molecule has 2 amide bonds. The van der Waals surface area contributed by atoms with Gasteiger partial charge in [0.25, 0.3) is 5.91 Å². The van der Waals surface area contributed by atoms with E-state index in [9.17, 15) is 14.0 Å². The van der Waals surface area contributed by atoms with Gasteiger partial charge in [-0.3, -0.25) is 9.59 Å². The second-order valence-electron chi connectivity index (χ2n) is 9.59. The van der Waals surface area contributed by atoms with Gasteiger partial charge in [-0.15, -0.1) is 0 Å². The quantitative estimate of drug-likeness (QED) is 0.373. The van der Waals surface area contributed by atoms with E-state index in [1.165, 1.54) is 12.1 Å². The molecule has 200 valence electrons. The van der Waals surface area contributed by atoms with Crippen molar-refractivity contribution in [1.29, 1.82) is 0 Å². The molecule has 0 aliphatic carbocycles. The van der Waals surface area contributed by atoms with Crippen molar-refractivity contribution in [2.75, 3.05) is 33.9 Å². The van der Waals surface area contributed by atoms with Gasteiger partial charge in [0.2, 0.25) is 5.91 Å².